The molecule has 1 N–H and O–H groups in total. The molecule has 0 aliphatic heterocycles. The van der Waals surface area contributed by atoms with Gasteiger partial charge in [0.05, 0.1) is 0 Å². The second kappa shape index (κ2) is 16.1. The zero-order valence-electron chi connectivity index (χ0n) is 17.3. The van der Waals surface area contributed by atoms with Gasteiger partial charge < -0.3 is 5.32 Å². The molecule has 0 bridgehead atoms. The molecule has 1 unspecified atom stereocenters. The number of hydrogen-bond acceptors (Lipinski definition) is 2. The van der Waals surface area contributed by atoms with Crippen molar-refractivity contribution in [3.8, 4) is 0 Å². The first-order valence-electron chi connectivity index (χ1n) is 11.1. The van der Waals surface area contributed by atoms with Crippen molar-refractivity contribution in [1.29, 1.82) is 0 Å². The number of nitrogens with one attached hydrogen (secondary N) is 1. The Balaban J connectivity index is 1.87. The zero-order chi connectivity index (χ0) is 18.9. The quantitative estimate of drug-likeness (QED) is 0.245. The first kappa shape index (κ1) is 22.9. The van der Waals surface area contributed by atoms with E-state index in [-0.39, 0.29) is 5.92 Å². The number of Topliss-reactive ketones (excluding diaryl/α,β-unsaturated/α-hetero) is 1. The van der Waals surface area contributed by atoms with Crippen molar-refractivity contribution in [3.05, 3.63) is 35.9 Å². The van der Waals surface area contributed by atoms with Crippen LogP contribution in [0.5, 0.6) is 0 Å². The molecule has 0 aliphatic rings. The van der Waals surface area contributed by atoms with Crippen molar-refractivity contribution in [2.75, 3.05) is 13.1 Å². The Bertz CT molecular complexity index is 443. The third-order valence-electron chi connectivity index (χ3n) is 5.20. The van der Waals surface area contributed by atoms with Gasteiger partial charge in [0.25, 0.3) is 0 Å². The number of carbonyl (C=O) groups is 1. The number of benzene rings is 1. The van der Waals surface area contributed by atoms with Crippen LogP contribution in [-0.2, 0) is 0 Å². The molecule has 1 aromatic rings. The van der Waals surface area contributed by atoms with Gasteiger partial charge in [-0.25, -0.2) is 0 Å². The molecule has 0 aliphatic carbocycles. The zero-order valence-corrected chi connectivity index (χ0v) is 17.3. The van der Waals surface area contributed by atoms with Crippen LogP contribution in [0, 0.1) is 5.92 Å². The summed E-state index contributed by atoms with van der Waals surface area (Å²) >= 11 is 0. The highest BCUT2D eigenvalue weighted by molar-refractivity contribution is 5.97. The lowest BCUT2D eigenvalue weighted by Gasteiger charge is -2.10. The third kappa shape index (κ3) is 11.5. The van der Waals surface area contributed by atoms with E-state index in [4.69, 9.17) is 0 Å². The number of unbranched alkanes of at least 4 members (excludes halogenated alkanes) is 9. The Morgan fingerprint density at radius 3 is 1.96 bits per heavy atom. The molecule has 0 spiro atoms. The molecule has 0 amide bonds. The van der Waals surface area contributed by atoms with E-state index in [9.17, 15) is 4.79 Å². The van der Waals surface area contributed by atoms with Gasteiger partial charge in [-0.3, -0.25) is 4.79 Å². The molecule has 0 aromatic heterocycles. The fraction of sp³-hybridized carbons (Fsp3) is 0.708. The van der Waals surface area contributed by atoms with Crippen molar-refractivity contribution in [1.82, 2.24) is 5.32 Å². The topological polar surface area (TPSA) is 29.1 Å². The van der Waals surface area contributed by atoms with Gasteiger partial charge in [-0.15, -0.1) is 0 Å². The van der Waals surface area contributed by atoms with Crippen molar-refractivity contribution in [2.24, 2.45) is 5.92 Å². The maximum atomic E-state index is 12.3. The van der Waals surface area contributed by atoms with Gasteiger partial charge >= 0.3 is 0 Å². The average Bonchev–Trinajstić information content (AvgIpc) is 2.68. The first-order chi connectivity index (χ1) is 12.8. The Morgan fingerprint density at radius 1 is 0.808 bits per heavy atom. The monoisotopic (exact) mass is 359 g/mol. The van der Waals surface area contributed by atoms with Gasteiger partial charge in [-0.1, -0.05) is 102 Å². The number of ketones is 1. The summed E-state index contributed by atoms with van der Waals surface area (Å²) in [5.41, 5.74) is 0.858. The minimum absolute atomic E-state index is 0.149. The third-order valence-corrected chi connectivity index (χ3v) is 5.20. The van der Waals surface area contributed by atoms with Crippen LogP contribution >= 0.6 is 0 Å². The van der Waals surface area contributed by atoms with Gasteiger partial charge in [0.1, 0.15) is 0 Å². The van der Waals surface area contributed by atoms with Gasteiger partial charge in [0.15, 0.2) is 5.78 Å². The summed E-state index contributed by atoms with van der Waals surface area (Å²) in [5.74, 6) is 0.445. The fourth-order valence-corrected chi connectivity index (χ4v) is 3.40. The maximum Gasteiger partial charge on any atom is 0.165 e. The second-order valence-corrected chi connectivity index (χ2v) is 7.71. The van der Waals surface area contributed by atoms with Gasteiger partial charge in [0.2, 0.25) is 0 Å². The molecule has 0 saturated heterocycles. The highest BCUT2D eigenvalue weighted by Gasteiger charge is 2.13. The van der Waals surface area contributed by atoms with Gasteiger partial charge in [0, 0.05) is 11.5 Å². The molecule has 1 atom stereocenters. The Labute approximate surface area is 162 Å². The second-order valence-electron chi connectivity index (χ2n) is 7.71. The summed E-state index contributed by atoms with van der Waals surface area (Å²) in [6, 6.07) is 9.71. The number of rotatable bonds is 17. The Hall–Kier alpha value is -1.15. The molecule has 0 saturated carbocycles. The minimum atomic E-state index is 0.149. The largest absolute Gasteiger partial charge is 0.317 e. The van der Waals surface area contributed by atoms with E-state index in [1.54, 1.807) is 0 Å². The highest BCUT2D eigenvalue weighted by atomic mass is 16.1. The van der Waals surface area contributed by atoms with Crippen LogP contribution in [0.1, 0.15) is 101 Å². The molecule has 1 aromatic carbocycles. The molecule has 148 valence electrons. The number of carbonyl (C=O) groups excluding carboxylic acids is 1. The molecule has 2 nitrogen and oxygen atoms in total. The minimum Gasteiger partial charge on any atom is -0.317 e. The predicted molar refractivity (Wildman–Crippen MR) is 114 cm³/mol. The van der Waals surface area contributed by atoms with Crippen LogP contribution in [0.2, 0.25) is 0 Å². The van der Waals surface area contributed by atoms with Crippen LogP contribution < -0.4 is 5.32 Å². The van der Waals surface area contributed by atoms with E-state index >= 15 is 0 Å². The van der Waals surface area contributed by atoms with E-state index < -0.39 is 0 Å². The van der Waals surface area contributed by atoms with E-state index in [2.05, 4.69) is 19.2 Å². The summed E-state index contributed by atoms with van der Waals surface area (Å²) in [6.45, 7) is 6.69. The van der Waals surface area contributed by atoms with E-state index in [1.807, 2.05) is 30.3 Å². The van der Waals surface area contributed by atoms with Crippen LogP contribution in [0.15, 0.2) is 30.3 Å². The maximum absolute atomic E-state index is 12.3. The summed E-state index contributed by atoms with van der Waals surface area (Å²) in [4.78, 5) is 12.3. The van der Waals surface area contributed by atoms with Crippen molar-refractivity contribution < 1.29 is 4.79 Å². The fourth-order valence-electron chi connectivity index (χ4n) is 3.40. The summed E-state index contributed by atoms with van der Waals surface area (Å²) in [6.07, 6.45) is 15.6. The Morgan fingerprint density at radius 2 is 1.35 bits per heavy atom. The predicted octanol–water partition coefficient (Wildman–Crippen LogP) is 6.80. The molecular formula is C24H41NO. The standard InChI is InChI=1S/C24H41NO/c1-3-4-5-6-9-15-20-25-21-16-10-7-8-12-17-22(2)24(26)23-18-13-11-14-19-23/h11,13-14,18-19,22,25H,3-10,12,15-17,20-21H2,1-2H3. The normalized spacial score (nSPS) is 12.2. The number of hydrogen-bond donors (Lipinski definition) is 1. The molecule has 1 rings (SSSR count). The van der Waals surface area contributed by atoms with Crippen molar-refractivity contribution in [2.45, 2.75) is 90.9 Å². The van der Waals surface area contributed by atoms with Crippen LogP contribution in [-0.4, -0.2) is 18.9 Å². The van der Waals surface area contributed by atoms with E-state index in [0.29, 0.717) is 5.78 Å². The molecule has 26 heavy (non-hydrogen) atoms. The van der Waals surface area contributed by atoms with E-state index in [0.717, 1.165) is 18.5 Å². The van der Waals surface area contributed by atoms with Crippen molar-refractivity contribution in [3.63, 3.8) is 0 Å². The first-order valence-corrected chi connectivity index (χ1v) is 11.1. The van der Waals surface area contributed by atoms with Gasteiger partial charge in [-0.2, -0.15) is 0 Å². The lowest BCUT2D eigenvalue weighted by atomic mass is 9.94. The molecular weight excluding hydrogens is 318 g/mol. The molecule has 0 radical (unpaired) electrons. The Kier molecular flexibility index (Phi) is 14.1. The SMILES string of the molecule is CCCCCCCCNCCCCCCCC(C)C(=O)c1ccccc1. The highest BCUT2D eigenvalue weighted by Crippen LogP contribution is 2.16. The van der Waals surface area contributed by atoms with Crippen molar-refractivity contribution >= 4 is 5.78 Å². The molecule has 2 heteroatoms. The summed E-state index contributed by atoms with van der Waals surface area (Å²) < 4.78 is 0. The van der Waals surface area contributed by atoms with Crippen LogP contribution in [0.25, 0.3) is 0 Å². The van der Waals surface area contributed by atoms with Crippen LogP contribution in [0.3, 0.4) is 0 Å². The summed E-state index contributed by atoms with van der Waals surface area (Å²) in [7, 11) is 0. The average molecular weight is 360 g/mol. The summed E-state index contributed by atoms with van der Waals surface area (Å²) in [5, 5.41) is 3.57. The smallest absolute Gasteiger partial charge is 0.165 e. The van der Waals surface area contributed by atoms with Crippen LogP contribution in [0.4, 0.5) is 0 Å². The van der Waals surface area contributed by atoms with E-state index in [1.165, 1.54) is 77.2 Å². The molecule has 0 heterocycles. The lowest BCUT2D eigenvalue weighted by molar-refractivity contribution is 0.0922. The lowest BCUT2D eigenvalue weighted by Crippen LogP contribution is -2.16. The molecule has 0 fully saturated rings. The van der Waals surface area contributed by atoms with Gasteiger partial charge in [-0.05, 0) is 32.4 Å².